The monoisotopic (exact) mass is 313 g/mol. The second-order valence-corrected chi connectivity index (χ2v) is 6.12. The highest BCUT2D eigenvalue weighted by atomic mass is 32.1. The van der Waals surface area contributed by atoms with Crippen LogP contribution in [0.15, 0.2) is 48.0 Å². The van der Waals surface area contributed by atoms with Gasteiger partial charge in [0.05, 0.1) is 16.9 Å². The quantitative estimate of drug-likeness (QED) is 0.734. The average Bonchev–Trinajstić information content (AvgIpc) is 3.16. The lowest BCUT2D eigenvalue weighted by Crippen LogP contribution is -2.30. The van der Waals surface area contributed by atoms with E-state index in [0.29, 0.717) is 6.54 Å². The number of aromatic nitrogens is 3. The molecule has 0 bridgehead atoms. The summed E-state index contributed by atoms with van der Waals surface area (Å²) in [5.74, 6) is 0. The molecule has 0 saturated heterocycles. The minimum Gasteiger partial charge on any atom is -0.373 e. The first-order chi connectivity index (χ1) is 10.8. The van der Waals surface area contributed by atoms with Gasteiger partial charge in [-0.2, -0.15) is 0 Å². The number of hydrogen-bond acceptors (Lipinski definition) is 5. The molecule has 5 nitrogen and oxygen atoms in total. The maximum Gasteiger partial charge on any atom is 0.0892 e. The molecule has 3 N–H and O–H groups in total. The molecule has 0 fully saturated rings. The summed E-state index contributed by atoms with van der Waals surface area (Å²) in [4.78, 5) is 0. The van der Waals surface area contributed by atoms with Gasteiger partial charge in [-0.25, -0.2) is 4.68 Å². The first-order valence-electron chi connectivity index (χ1n) is 7.20. The summed E-state index contributed by atoms with van der Waals surface area (Å²) in [7, 11) is 1.89. The Morgan fingerprint density at radius 2 is 2.14 bits per heavy atom. The molecule has 0 spiro atoms. The van der Waals surface area contributed by atoms with E-state index in [1.54, 1.807) is 22.2 Å². The van der Waals surface area contributed by atoms with Crippen molar-refractivity contribution in [3.63, 3.8) is 0 Å². The number of thiophene rings is 1. The van der Waals surface area contributed by atoms with Gasteiger partial charge in [0, 0.05) is 30.6 Å². The molecule has 0 aliphatic rings. The summed E-state index contributed by atoms with van der Waals surface area (Å²) < 4.78 is 1.77. The van der Waals surface area contributed by atoms with Gasteiger partial charge in [-0.1, -0.05) is 35.5 Å². The Morgan fingerprint density at radius 1 is 1.32 bits per heavy atom. The molecule has 0 unspecified atom stereocenters. The van der Waals surface area contributed by atoms with E-state index in [9.17, 15) is 0 Å². The number of benzene rings is 1. The predicted molar refractivity (Wildman–Crippen MR) is 90.9 cm³/mol. The van der Waals surface area contributed by atoms with Crippen molar-refractivity contribution >= 4 is 16.3 Å². The van der Waals surface area contributed by atoms with E-state index in [1.165, 1.54) is 5.56 Å². The van der Waals surface area contributed by atoms with Gasteiger partial charge in [-0.3, -0.25) is 0 Å². The number of nitrogens with zero attached hydrogens (tertiary/aromatic N) is 3. The Balaban J connectivity index is 1.69. The third kappa shape index (κ3) is 3.35. The summed E-state index contributed by atoms with van der Waals surface area (Å²) in [6, 6.07) is 12.7. The van der Waals surface area contributed by atoms with Gasteiger partial charge in [0.25, 0.3) is 0 Å². The molecule has 1 aromatic carbocycles. The Hall–Kier alpha value is -2.18. The second-order valence-electron chi connectivity index (χ2n) is 5.21. The van der Waals surface area contributed by atoms with Crippen LogP contribution in [0.25, 0.3) is 11.3 Å². The van der Waals surface area contributed by atoms with Crippen molar-refractivity contribution in [2.75, 3.05) is 11.9 Å². The summed E-state index contributed by atoms with van der Waals surface area (Å²) >= 11 is 1.68. The Morgan fingerprint density at radius 3 is 2.82 bits per heavy atom. The van der Waals surface area contributed by atoms with Gasteiger partial charge in [0.15, 0.2) is 0 Å². The van der Waals surface area contributed by atoms with E-state index < -0.39 is 0 Å². The van der Waals surface area contributed by atoms with Crippen LogP contribution >= 0.6 is 11.3 Å². The van der Waals surface area contributed by atoms with Gasteiger partial charge < -0.3 is 11.1 Å². The fourth-order valence-electron chi connectivity index (χ4n) is 2.39. The first kappa shape index (κ1) is 14.7. The molecule has 0 amide bonds. The third-order valence-corrected chi connectivity index (χ3v) is 4.43. The maximum atomic E-state index is 5.91. The molecule has 6 heteroatoms. The highest BCUT2D eigenvalue weighted by molar-refractivity contribution is 7.14. The normalized spacial score (nSPS) is 12.3. The Labute approximate surface area is 133 Å². The molecule has 1 atom stereocenters. The molecule has 114 valence electrons. The lowest BCUT2D eigenvalue weighted by molar-refractivity contribution is 0.720. The van der Waals surface area contributed by atoms with Gasteiger partial charge in [0.1, 0.15) is 0 Å². The highest BCUT2D eigenvalue weighted by Crippen LogP contribution is 2.28. The maximum absolute atomic E-state index is 5.91. The minimum absolute atomic E-state index is 0.221. The summed E-state index contributed by atoms with van der Waals surface area (Å²) in [5.41, 5.74) is 9.33. The number of rotatable bonds is 6. The van der Waals surface area contributed by atoms with Gasteiger partial charge >= 0.3 is 0 Å². The van der Waals surface area contributed by atoms with Crippen LogP contribution in [0.3, 0.4) is 0 Å². The van der Waals surface area contributed by atoms with Crippen molar-refractivity contribution in [1.82, 2.24) is 15.0 Å². The fourth-order valence-corrected chi connectivity index (χ4v) is 3.26. The van der Waals surface area contributed by atoms with Crippen molar-refractivity contribution in [1.29, 1.82) is 0 Å². The molecule has 3 aromatic rings. The smallest absolute Gasteiger partial charge is 0.0892 e. The lowest BCUT2D eigenvalue weighted by atomic mass is 10.1. The average molecular weight is 313 g/mol. The molecular weight excluding hydrogens is 294 g/mol. The van der Waals surface area contributed by atoms with Crippen LogP contribution in [0.4, 0.5) is 5.00 Å². The molecule has 0 aliphatic carbocycles. The van der Waals surface area contributed by atoms with Crippen molar-refractivity contribution in [3.05, 3.63) is 53.5 Å². The van der Waals surface area contributed by atoms with Gasteiger partial charge in [0.2, 0.25) is 0 Å². The van der Waals surface area contributed by atoms with Crippen LogP contribution in [-0.2, 0) is 13.5 Å². The molecule has 22 heavy (non-hydrogen) atoms. The first-order valence-corrected chi connectivity index (χ1v) is 8.08. The number of nitrogens with one attached hydrogen (secondary N) is 1. The van der Waals surface area contributed by atoms with Crippen LogP contribution in [0.5, 0.6) is 0 Å². The van der Waals surface area contributed by atoms with Crippen LogP contribution in [0, 0.1) is 0 Å². The second kappa shape index (κ2) is 6.72. The molecule has 0 aliphatic heterocycles. The van der Waals surface area contributed by atoms with E-state index >= 15 is 0 Å². The summed E-state index contributed by atoms with van der Waals surface area (Å²) in [6.07, 6.45) is 2.69. The van der Waals surface area contributed by atoms with Crippen molar-refractivity contribution in [2.45, 2.75) is 12.5 Å². The van der Waals surface area contributed by atoms with Crippen LogP contribution in [0.2, 0.25) is 0 Å². The van der Waals surface area contributed by atoms with Crippen LogP contribution in [0.1, 0.15) is 5.56 Å². The third-order valence-electron chi connectivity index (χ3n) is 3.57. The van der Waals surface area contributed by atoms with E-state index in [-0.39, 0.29) is 6.04 Å². The van der Waals surface area contributed by atoms with Crippen molar-refractivity contribution < 1.29 is 0 Å². The Kier molecular flexibility index (Phi) is 4.50. The fraction of sp³-hybridized carbons (Fsp3) is 0.250. The predicted octanol–water partition coefficient (Wildman–Crippen LogP) is 2.53. The number of anilines is 1. The van der Waals surface area contributed by atoms with Crippen molar-refractivity contribution in [3.8, 4) is 11.3 Å². The van der Waals surface area contributed by atoms with E-state index in [4.69, 9.17) is 5.73 Å². The minimum atomic E-state index is 0.221. The zero-order chi connectivity index (χ0) is 15.4. The summed E-state index contributed by atoms with van der Waals surface area (Å²) in [6.45, 7) is 0.593. The highest BCUT2D eigenvalue weighted by Gasteiger charge is 2.11. The van der Waals surface area contributed by atoms with E-state index in [2.05, 4.69) is 51.3 Å². The zero-order valence-electron chi connectivity index (χ0n) is 12.4. The van der Waals surface area contributed by atoms with E-state index in [1.807, 2.05) is 13.1 Å². The van der Waals surface area contributed by atoms with Crippen LogP contribution in [-0.4, -0.2) is 27.6 Å². The number of hydrogen-bond donors (Lipinski definition) is 2. The Bertz CT molecular complexity index is 719. The molecule has 2 aromatic heterocycles. The zero-order valence-corrected chi connectivity index (χ0v) is 13.3. The molecule has 0 radical (unpaired) electrons. The molecule has 2 heterocycles. The topological polar surface area (TPSA) is 68.8 Å². The number of aryl methyl sites for hydroxylation is 1. The van der Waals surface area contributed by atoms with E-state index in [0.717, 1.165) is 22.7 Å². The molecule has 3 rings (SSSR count). The summed E-state index contributed by atoms with van der Waals surface area (Å²) in [5, 5.41) is 14.6. The molecule has 0 saturated carbocycles. The molecular formula is C16H19N5S. The number of nitrogens with two attached hydrogens (primary N) is 1. The SMILES string of the molecule is Cn1nncc1-c1csc(N[C@H](CN)Cc2ccccc2)c1. The lowest BCUT2D eigenvalue weighted by Gasteiger charge is -2.16. The largest absolute Gasteiger partial charge is 0.373 e. The van der Waals surface area contributed by atoms with Gasteiger partial charge in [-0.05, 0) is 18.1 Å². The standard InChI is InChI=1S/C16H19N5S/c1-21-15(10-18-20-21)13-8-16(22-11-13)19-14(9-17)7-12-5-3-2-4-6-12/h2-6,8,10-11,14,19H,7,9,17H2,1H3/t14-/m0/s1. The van der Waals surface area contributed by atoms with Crippen LogP contribution < -0.4 is 11.1 Å². The van der Waals surface area contributed by atoms with Gasteiger partial charge in [-0.15, -0.1) is 16.4 Å². The van der Waals surface area contributed by atoms with Crippen molar-refractivity contribution in [2.24, 2.45) is 12.8 Å².